The third-order valence-corrected chi connectivity index (χ3v) is 7.19. The number of rotatable bonds is 7. The van der Waals surface area contributed by atoms with Crippen molar-refractivity contribution in [3.8, 4) is 5.75 Å². The van der Waals surface area contributed by atoms with Crippen molar-refractivity contribution in [1.82, 2.24) is 10.3 Å². The molecule has 0 fully saturated rings. The smallest absolute Gasteiger partial charge is 0.230 e. The molecule has 2 N–H and O–H groups in total. The Balaban J connectivity index is 1.37. The number of carbonyl (C=O) groups is 1. The summed E-state index contributed by atoms with van der Waals surface area (Å²) in [4.78, 5) is 21.2. The summed E-state index contributed by atoms with van der Waals surface area (Å²) in [6, 6.07) is 21.0. The van der Waals surface area contributed by atoms with Crippen molar-refractivity contribution >= 4 is 73.7 Å². The summed E-state index contributed by atoms with van der Waals surface area (Å²) in [5.74, 6) is 0.506. The number of amides is 1. The first-order chi connectivity index (χ1) is 15.1. The summed E-state index contributed by atoms with van der Waals surface area (Å²) < 4.78 is 2.89. The molecule has 0 aliphatic carbocycles. The van der Waals surface area contributed by atoms with Gasteiger partial charge in [0.15, 0.2) is 4.34 Å². The van der Waals surface area contributed by atoms with Crippen LogP contribution < -0.4 is 5.32 Å². The Morgan fingerprint density at radius 2 is 2.00 bits per heavy atom. The lowest BCUT2D eigenvalue weighted by atomic mass is 10.2. The molecule has 0 unspecified atom stereocenters. The number of phenolic OH excluding ortho intramolecular Hbond substituents is 1. The minimum atomic E-state index is -0.0179. The molecule has 3 aromatic carbocycles. The number of fused-ring (bicyclic) bond motifs is 1. The van der Waals surface area contributed by atoms with Crippen LogP contribution in [-0.4, -0.2) is 28.0 Å². The highest BCUT2D eigenvalue weighted by Crippen LogP contribution is 2.32. The molecule has 0 spiro atoms. The number of aromatic nitrogens is 1. The third-order valence-electron chi connectivity index (χ3n) is 4.35. The van der Waals surface area contributed by atoms with Gasteiger partial charge < -0.3 is 10.4 Å². The molecule has 4 aromatic rings. The molecule has 0 saturated heterocycles. The van der Waals surface area contributed by atoms with Gasteiger partial charge >= 0.3 is 0 Å². The van der Waals surface area contributed by atoms with E-state index in [1.807, 2.05) is 60.7 Å². The van der Waals surface area contributed by atoms with Gasteiger partial charge in [0.1, 0.15) is 5.75 Å². The van der Waals surface area contributed by atoms with Crippen LogP contribution in [0.1, 0.15) is 11.1 Å². The van der Waals surface area contributed by atoms with E-state index in [4.69, 9.17) is 0 Å². The Labute approximate surface area is 201 Å². The van der Waals surface area contributed by atoms with Crippen LogP contribution in [-0.2, 0) is 11.3 Å². The van der Waals surface area contributed by atoms with Crippen molar-refractivity contribution in [3.63, 3.8) is 0 Å². The third kappa shape index (κ3) is 6.05. The number of hydrogen-bond acceptors (Lipinski definition) is 6. The van der Waals surface area contributed by atoms with Gasteiger partial charge in [-0.2, -0.15) is 0 Å². The van der Waals surface area contributed by atoms with Crippen molar-refractivity contribution in [3.05, 3.63) is 81.4 Å². The normalized spacial score (nSPS) is 11.3. The number of thioether (sulfide) groups is 1. The fourth-order valence-corrected chi connectivity index (χ4v) is 5.23. The summed E-state index contributed by atoms with van der Waals surface area (Å²) in [5.41, 5.74) is 3.42. The highest BCUT2D eigenvalue weighted by molar-refractivity contribution is 14.1. The fourth-order valence-electron chi connectivity index (χ4n) is 2.78. The molecule has 8 heteroatoms. The van der Waals surface area contributed by atoms with Crippen molar-refractivity contribution in [2.45, 2.75) is 10.9 Å². The second-order valence-electron chi connectivity index (χ2n) is 6.64. The Bertz CT molecular complexity index is 1240. The molecule has 0 bridgehead atoms. The predicted molar refractivity (Wildman–Crippen MR) is 137 cm³/mol. The number of phenols is 1. The highest BCUT2D eigenvalue weighted by atomic mass is 127. The van der Waals surface area contributed by atoms with E-state index in [0.29, 0.717) is 17.9 Å². The number of benzene rings is 3. The average molecular weight is 559 g/mol. The summed E-state index contributed by atoms with van der Waals surface area (Å²) >= 11 is 5.18. The van der Waals surface area contributed by atoms with E-state index < -0.39 is 0 Å². The van der Waals surface area contributed by atoms with Gasteiger partial charge in [0.2, 0.25) is 5.91 Å². The van der Waals surface area contributed by atoms with E-state index in [-0.39, 0.29) is 11.7 Å². The number of hydrogen-bond donors (Lipinski definition) is 2. The monoisotopic (exact) mass is 559 g/mol. The molecule has 156 valence electrons. The predicted octanol–water partition coefficient (Wildman–Crippen LogP) is 5.77. The molecule has 4 rings (SSSR count). The Morgan fingerprint density at radius 1 is 1.16 bits per heavy atom. The van der Waals surface area contributed by atoms with Crippen LogP contribution in [0.25, 0.3) is 10.2 Å². The van der Waals surface area contributed by atoms with Crippen molar-refractivity contribution in [1.29, 1.82) is 0 Å². The standard InChI is InChI=1S/C23H18IN3O2S2/c24-17-6-9-20(28)16(10-17)13-25-18-7-8-19-21(11-18)31-23(27-19)30-14-22(29)26-12-15-4-2-1-3-5-15/h1-11,13,28H,12,14H2,(H,26,29). The molecule has 1 aromatic heterocycles. The number of carbonyl (C=O) groups excluding carboxylic acids is 1. The van der Waals surface area contributed by atoms with Gasteiger partial charge in [-0.3, -0.25) is 9.79 Å². The fraction of sp³-hybridized carbons (Fsp3) is 0.0870. The molecular weight excluding hydrogens is 541 g/mol. The summed E-state index contributed by atoms with van der Waals surface area (Å²) in [6.07, 6.45) is 1.66. The van der Waals surface area contributed by atoms with Gasteiger partial charge in [0, 0.05) is 21.9 Å². The summed E-state index contributed by atoms with van der Waals surface area (Å²) in [7, 11) is 0. The number of thiazole rings is 1. The first kappa shape index (κ1) is 21.8. The van der Waals surface area contributed by atoms with Gasteiger partial charge in [0.25, 0.3) is 0 Å². The van der Waals surface area contributed by atoms with Crippen molar-refractivity contribution in [2.24, 2.45) is 4.99 Å². The zero-order chi connectivity index (χ0) is 21.6. The number of nitrogens with zero attached hydrogens (tertiary/aromatic N) is 2. The minimum absolute atomic E-state index is 0.0179. The molecule has 0 aliphatic rings. The maximum absolute atomic E-state index is 12.1. The lowest BCUT2D eigenvalue weighted by Gasteiger charge is -2.03. The van der Waals surface area contributed by atoms with E-state index in [1.54, 1.807) is 23.6 Å². The summed E-state index contributed by atoms with van der Waals surface area (Å²) in [5, 5.41) is 12.9. The number of nitrogens with one attached hydrogen (secondary N) is 1. The Hall–Kier alpha value is -2.43. The molecule has 0 saturated carbocycles. The Morgan fingerprint density at radius 3 is 2.84 bits per heavy atom. The zero-order valence-corrected chi connectivity index (χ0v) is 20.1. The van der Waals surface area contributed by atoms with Crippen molar-refractivity contribution in [2.75, 3.05) is 5.75 Å². The topological polar surface area (TPSA) is 74.6 Å². The Kier molecular flexibility index (Phi) is 7.21. The van der Waals surface area contributed by atoms with Gasteiger partial charge in [-0.1, -0.05) is 42.1 Å². The minimum Gasteiger partial charge on any atom is -0.507 e. The van der Waals surface area contributed by atoms with Gasteiger partial charge in [-0.25, -0.2) is 4.98 Å². The van der Waals surface area contributed by atoms with E-state index in [0.717, 1.165) is 29.4 Å². The van der Waals surface area contributed by atoms with E-state index in [2.05, 4.69) is 37.9 Å². The van der Waals surface area contributed by atoms with Gasteiger partial charge in [-0.15, -0.1) is 11.3 Å². The van der Waals surface area contributed by atoms with Crippen LogP contribution in [0.15, 0.2) is 76.1 Å². The molecule has 1 amide bonds. The van der Waals surface area contributed by atoms with Crippen LogP contribution >= 0.6 is 45.7 Å². The number of aliphatic imine (C=N–C) groups is 1. The first-order valence-corrected chi connectivity index (χ1v) is 12.3. The average Bonchev–Trinajstić information content (AvgIpc) is 3.20. The molecule has 5 nitrogen and oxygen atoms in total. The molecule has 1 heterocycles. The van der Waals surface area contributed by atoms with Gasteiger partial charge in [0.05, 0.1) is 21.7 Å². The quantitative estimate of drug-likeness (QED) is 0.172. The number of halogens is 1. The van der Waals surface area contributed by atoms with Crippen LogP contribution in [0.4, 0.5) is 5.69 Å². The maximum atomic E-state index is 12.1. The zero-order valence-electron chi connectivity index (χ0n) is 16.3. The van der Waals surface area contributed by atoms with E-state index >= 15 is 0 Å². The lowest BCUT2D eigenvalue weighted by Crippen LogP contribution is -2.24. The van der Waals surface area contributed by atoms with Crippen LogP contribution in [0.2, 0.25) is 0 Å². The second-order valence-corrected chi connectivity index (χ2v) is 10.1. The molecule has 0 aliphatic heterocycles. The lowest BCUT2D eigenvalue weighted by molar-refractivity contribution is -0.118. The second kappa shape index (κ2) is 10.3. The van der Waals surface area contributed by atoms with E-state index in [9.17, 15) is 9.90 Å². The molecular formula is C23H18IN3O2S2. The summed E-state index contributed by atoms with van der Waals surface area (Å²) in [6.45, 7) is 0.525. The van der Waals surface area contributed by atoms with Gasteiger partial charge in [-0.05, 0) is 64.6 Å². The SMILES string of the molecule is O=C(CSc1nc2ccc(N=Cc3cc(I)ccc3O)cc2s1)NCc1ccccc1. The van der Waals surface area contributed by atoms with Crippen LogP contribution in [0.3, 0.4) is 0 Å². The first-order valence-electron chi connectivity index (χ1n) is 9.43. The molecule has 31 heavy (non-hydrogen) atoms. The number of aromatic hydroxyl groups is 1. The molecule has 0 radical (unpaired) electrons. The van der Waals surface area contributed by atoms with Crippen LogP contribution in [0, 0.1) is 3.57 Å². The molecule has 0 atom stereocenters. The van der Waals surface area contributed by atoms with E-state index in [1.165, 1.54) is 11.8 Å². The van der Waals surface area contributed by atoms with Crippen molar-refractivity contribution < 1.29 is 9.90 Å². The highest BCUT2D eigenvalue weighted by Gasteiger charge is 2.09. The largest absolute Gasteiger partial charge is 0.507 e. The maximum Gasteiger partial charge on any atom is 0.230 e. The van der Waals surface area contributed by atoms with Crippen LogP contribution in [0.5, 0.6) is 5.75 Å².